The highest BCUT2D eigenvalue weighted by atomic mass is 79.9. The number of rotatable bonds is 1. The van der Waals surface area contributed by atoms with E-state index in [0.29, 0.717) is 10.4 Å². The van der Waals surface area contributed by atoms with E-state index < -0.39 is 0 Å². The van der Waals surface area contributed by atoms with E-state index in [-0.39, 0.29) is 5.75 Å². The third kappa shape index (κ3) is 1.46. The fourth-order valence-corrected chi connectivity index (χ4v) is 2.05. The minimum absolute atomic E-state index is 0.279. The predicted octanol–water partition coefficient (Wildman–Crippen LogP) is 3.69. The Morgan fingerprint density at radius 1 is 1.42 bits per heavy atom. The molecule has 3 heteroatoms. The van der Waals surface area contributed by atoms with Gasteiger partial charge in [0.05, 0.1) is 4.47 Å². The van der Waals surface area contributed by atoms with Crippen LogP contribution in [0.3, 0.4) is 0 Å². The molecule has 0 aromatic heterocycles. The number of hydrogen-bond donors (Lipinski definition) is 1. The molecule has 12 heavy (non-hydrogen) atoms. The minimum atomic E-state index is 0.279. The van der Waals surface area contributed by atoms with Gasteiger partial charge < -0.3 is 5.11 Å². The van der Waals surface area contributed by atoms with Gasteiger partial charge in [0.2, 0.25) is 0 Å². The lowest BCUT2D eigenvalue weighted by Crippen LogP contribution is -1.81. The largest absolute Gasteiger partial charge is 0.507 e. The van der Waals surface area contributed by atoms with Crippen molar-refractivity contribution in [3.63, 3.8) is 0 Å². The zero-order chi connectivity index (χ0) is 8.72. The molecular weight excluding hydrogens is 239 g/mol. The molecule has 1 aromatic rings. The highest BCUT2D eigenvalue weighted by Gasteiger charge is 2.26. The average Bonchev–Trinajstić information content (AvgIpc) is 2.79. The van der Waals surface area contributed by atoms with Crippen molar-refractivity contribution >= 4 is 27.5 Å². The molecule has 1 fully saturated rings. The fraction of sp³-hybridized carbons (Fsp3) is 0.333. The van der Waals surface area contributed by atoms with E-state index in [1.165, 1.54) is 12.8 Å². The van der Waals surface area contributed by atoms with Crippen LogP contribution in [0.15, 0.2) is 16.6 Å². The summed E-state index contributed by atoms with van der Waals surface area (Å²) in [4.78, 5) is 0. The van der Waals surface area contributed by atoms with Crippen molar-refractivity contribution in [1.29, 1.82) is 0 Å². The van der Waals surface area contributed by atoms with Crippen LogP contribution in [0.5, 0.6) is 5.75 Å². The summed E-state index contributed by atoms with van der Waals surface area (Å²) >= 11 is 9.21. The summed E-state index contributed by atoms with van der Waals surface area (Å²) in [5.74, 6) is 0.859. The lowest BCUT2D eigenvalue weighted by molar-refractivity contribution is 0.471. The van der Waals surface area contributed by atoms with Crippen LogP contribution in [-0.4, -0.2) is 5.11 Å². The van der Waals surface area contributed by atoms with Crippen LogP contribution in [0.25, 0.3) is 0 Å². The monoisotopic (exact) mass is 246 g/mol. The van der Waals surface area contributed by atoms with Crippen molar-refractivity contribution in [1.82, 2.24) is 0 Å². The number of benzene rings is 1. The first-order valence-corrected chi connectivity index (χ1v) is 5.03. The molecule has 2 rings (SSSR count). The van der Waals surface area contributed by atoms with Crippen molar-refractivity contribution < 1.29 is 5.11 Å². The lowest BCUT2D eigenvalue weighted by Gasteiger charge is -2.04. The van der Waals surface area contributed by atoms with Gasteiger partial charge in [0.15, 0.2) is 0 Å². The van der Waals surface area contributed by atoms with Gasteiger partial charge in [-0.15, -0.1) is 0 Å². The lowest BCUT2D eigenvalue weighted by atomic mass is 10.1. The normalized spacial score (nSPS) is 16.5. The van der Waals surface area contributed by atoms with Gasteiger partial charge in [0.25, 0.3) is 0 Å². The molecule has 0 spiro atoms. The van der Waals surface area contributed by atoms with Crippen molar-refractivity contribution in [2.75, 3.05) is 0 Å². The highest BCUT2D eigenvalue weighted by molar-refractivity contribution is 9.10. The van der Waals surface area contributed by atoms with Gasteiger partial charge in [0, 0.05) is 5.02 Å². The third-order valence-electron chi connectivity index (χ3n) is 2.08. The molecule has 0 heterocycles. The Morgan fingerprint density at radius 3 is 2.67 bits per heavy atom. The second kappa shape index (κ2) is 2.93. The Bertz CT molecular complexity index is 321. The van der Waals surface area contributed by atoms with Crippen molar-refractivity contribution in [2.45, 2.75) is 18.8 Å². The Labute approximate surface area is 84.5 Å². The SMILES string of the molecule is Oc1cc(C2CC2)c(Cl)cc1Br. The van der Waals surface area contributed by atoms with Crippen LogP contribution in [0, 0.1) is 0 Å². The summed E-state index contributed by atoms with van der Waals surface area (Å²) in [7, 11) is 0. The van der Waals surface area contributed by atoms with Crippen LogP contribution in [0.1, 0.15) is 24.3 Å². The molecule has 0 amide bonds. The molecule has 1 saturated carbocycles. The first-order chi connectivity index (χ1) is 5.68. The Hall–Kier alpha value is -0.210. The smallest absolute Gasteiger partial charge is 0.130 e. The van der Waals surface area contributed by atoms with Gasteiger partial charge in [-0.05, 0) is 52.4 Å². The summed E-state index contributed by atoms with van der Waals surface area (Å²) < 4.78 is 0.664. The van der Waals surface area contributed by atoms with E-state index in [4.69, 9.17) is 11.6 Å². The number of hydrogen-bond acceptors (Lipinski definition) is 1. The van der Waals surface area contributed by atoms with Crippen LogP contribution in [-0.2, 0) is 0 Å². The van der Waals surface area contributed by atoms with Crippen LogP contribution in [0.2, 0.25) is 5.02 Å². The van der Waals surface area contributed by atoms with E-state index in [9.17, 15) is 5.11 Å². The molecule has 0 aliphatic heterocycles. The van der Waals surface area contributed by atoms with Gasteiger partial charge in [-0.25, -0.2) is 0 Å². The minimum Gasteiger partial charge on any atom is -0.507 e. The van der Waals surface area contributed by atoms with E-state index in [0.717, 1.165) is 10.6 Å². The number of aromatic hydroxyl groups is 1. The van der Waals surface area contributed by atoms with E-state index >= 15 is 0 Å². The maximum Gasteiger partial charge on any atom is 0.130 e. The molecule has 1 aliphatic carbocycles. The van der Waals surface area contributed by atoms with Gasteiger partial charge in [-0.1, -0.05) is 11.6 Å². The second-order valence-corrected chi connectivity index (χ2v) is 4.36. The van der Waals surface area contributed by atoms with Gasteiger partial charge >= 0.3 is 0 Å². The predicted molar refractivity (Wildman–Crippen MR) is 52.8 cm³/mol. The zero-order valence-corrected chi connectivity index (χ0v) is 8.69. The molecule has 0 bridgehead atoms. The van der Waals surface area contributed by atoms with Crippen LogP contribution >= 0.6 is 27.5 Å². The molecule has 0 unspecified atom stereocenters. The molecule has 0 radical (unpaired) electrons. The molecule has 0 atom stereocenters. The first-order valence-electron chi connectivity index (χ1n) is 3.86. The summed E-state index contributed by atoms with van der Waals surface area (Å²) in [5.41, 5.74) is 1.08. The topological polar surface area (TPSA) is 20.2 Å². The highest BCUT2D eigenvalue weighted by Crippen LogP contribution is 2.45. The quantitative estimate of drug-likeness (QED) is 0.802. The molecule has 1 aliphatic rings. The Balaban J connectivity index is 2.47. The van der Waals surface area contributed by atoms with Crippen molar-refractivity contribution in [3.05, 3.63) is 27.2 Å². The molecule has 1 nitrogen and oxygen atoms in total. The number of phenolic OH excluding ortho intramolecular Hbond substituents is 1. The molecular formula is C9H8BrClO. The van der Waals surface area contributed by atoms with Crippen LogP contribution in [0.4, 0.5) is 0 Å². The average molecular weight is 248 g/mol. The summed E-state index contributed by atoms with van der Waals surface area (Å²) in [6.45, 7) is 0. The second-order valence-electron chi connectivity index (χ2n) is 3.10. The summed E-state index contributed by atoms with van der Waals surface area (Å²) in [6, 6.07) is 3.51. The Morgan fingerprint density at radius 2 is 2.08 bits per heavy atom. The van der Waals surface area contributed by atoms with E-state index in [1.54, 1.807) is 12.1 Å². The first kappa shape index (κ1) is 8.39. The molecule has 0 saturated heterocycles. The molecule has 64 valence electrons. The molecule has 1 aromatic carbocycles. The Kier molecular flexibility index (Phi) is 2.05. The van der Waals surface area contributed by atoms with Crippen molar-refractivity contribution in [3.8, 4) is 5.75 Å². The van der Waals surface area contributed by atoms with Gasteiger partial charge in [-0.2, -0.15) is 0 Å². The van der Waals surface area contributed by atoms with Crippen molar-refractivity contribution in [2.24, 2.45) is 0 Å². The summed E-state index contributed by atoms with van der Waals surface area (Å²) in [5, 5.41) is 10.1. The number of halogens is 2. The summed E-state index contributed by atoms with van der Waals surface area (Å²) in [6.07, 6.45) is 2.39. The fourth-order valence-electron chi connectivity index (χ4n) is 1.26. The standard InChI is InChI=1S/C9H8BrClO/c10-7-4-8(11)6(3-9(7)12)5-1-2-5/h3-5,12H,1-2H2. The van der Waals surface area contributed by atoms with Gasteiger partial charge in [-0.3, -0.25) is 0 Å². The van der Waals surface area contributed by atoms with Crippen LogP contribution < -0.4 is 0 Å². The van der Waals surface area contributed by atoms with Gasteiger partial charge in [0.1, 0.15) is 5.75 Å². The molecule has 1 N–H and O–H groups in total. The zero-order valence-electron chi connectivity index (χ0n) is 6.35. The maximum absolute atomic E-state index is 9.40. The third-order valence-corrected chi connectivity index (χ3v) is 3.05. The number of phenols is 1. The van der Waals surface area contributed by atoms with E-state index in [2.05, 4.69) is 15.9 Å². The van der Waals surface area contributed by atoms with E-state index in [1.807, 2.05) is 0 Å². The maximum atomic E-state index is 9.40.